The zero-order valence-electron chi connectivity index (χ0n) is 9.71. The molecule has 1 aliphatic heterocycles. The standard InChI is InChI=1S/C11H22N2O2/c1-9(12)4-3-5-10(14)13-11(2)6-7-15-8-11/h9H,3-8,12H2,1-2H3,(H,13,14). The van der Waals surface area contributed by atoms with Crippen molar-refractivity contribution >= 4 is 5.91 Å². The van der Waals surface area contributed by atoms with E-state index in [1.807, 2.05) is 13.8 Å². The van der Waals surface area contributed by atoms with Crippen LogP contribution in [0.5, 0.6) is 0 Å². The van der Waals surface area contributed by atoms with Gasteiger partial charge in [-0.1, -0.05) is 0 Å². The van der Waals surface area contributed by atoms with Crippen LogP contribution in [0.15, 0.2) is 0 Å². The van der Waals surface area contributed by atoms with E-state index in [0.717, 1.165) is 25.9 Å². The average molecular weight is 214 g/mol. The Morgan fingerprint density at radius 2 is 2.40 bits per heavy atom. The molecule has 0 aromatic heterocycles. The second kappa shape index (κ2) is 5.47. The zero-order chi connectivity index (χ0) is 11.3. The minimum absolute atomic E-state index is 0.114. The third-order valence-electron chi connectivity index (χ3n) is 2.72. The van der Waals surface area contributed by atoms with Gasteiger partial charge in [-0.25, -0.2) is 0 Å². The summed E-state index contributed by atoms with van der Waals surface area (Å²) in [5, 5.41) is 3.02. The molecule has 1 rings (SSSR count). The molecule has 88 valence electrons. The number of rotatable bonds is 5. The van der Waals surface area contributed by atoms with Gasteiger partial charge in [-0.3, -0.25) is 4.79 Å². The molecule has 0 radical (unpaired) electrons. The summed E-state index contributed by atoms with van der Waals surface area (Å²) < 4.78 is 5.27. The van der Waals surface area contributed by atoms with Gasteiger partial charge in [0, 0.05) is 19.1 Å². The van der Waals surface area contributed by atoms with Crippen molar-refractivity contribution in [1.29, 1.82) is 0 Å². The number of amides is 1. The van der Waals surface area contributed by atoms with Crippen LogP contribution in [-0.4, -0.2) is 30.7 Å². The van der Waals surface area contributed by atoms with Gasteiger partial charge in [-0.15, -0.1) is 0 Å². The van der Waals surface area contributed by atoms with E-state index < -0.39 is 0 Å². The van der Waals surface area contributed by atoms with E-state index in [2.05, 4.69) is 5.32 Å². The average Bonchev–Trinajstić information content (AvgIpc) is 2.50. The van der Waals surface area contributed by atoms with Gasteiger partial charge in [0.05, 0.1) is 12.1 Å². The van der Waals surface area contributed by atoms with Gasteiger partial charge in [0.25, 0.3) is 0 Å². The molecule has 4 nitrogen and oxygen atoms in total. The number of hydrogen-bond donors (Lipinski definition) is 2. The van der Waals surface area contributed by atoms with Crippen molar-refractivity contribution in [1.82, 2.24) is 5.32 Å². The maximum absolute atomic E-state index is 11.6. The molecule has 1 saturated heterocycles. The van der Waals surface area contributed by atoms with Crippen LogP contribution in [0.3, 0.4) is 0 Å². The number of nitrogens with two attached hydrogens (primary N) is 1. The van der Waals surface area contributed by atoms with Crippen LogP contribution in [-0.2, 0) is 9.53 Å². The number of nitrogens with one attached hydrogen (secondary N) is 1. The molecule has 1 fully saturated rings. The lowest BCUT2D eigenvalue weighted by atomic mass is 10.0. The third kappa shape index (κ3) is 4.62. The first-order valence-corrected chi connectivity index (χ1v) is 5.66. The molecule has 4 heteroatoms. The van der Waals surface area contributed by atoms with Gasteiger partial charge in [0.15, 0.2) is 0 Å². The fraction of sp³-hybridized carbons (Fsp3) is 0.909. The fourth-order valence-corrected chi connectivity index (χ4v) is 1.75. The summed E-state index contributed by atoms with van der Waals surface area (Å²) in [6.07, 6.45) is 3.24. The maximum atomic E-state index is 11.6. The lowest BCUT2D eigenvalue weighted by Crippen LogP contribution is -2.46. The molecule has 3 N–H and O–H groups in total. The van der Waals surface area contributed by atoms with Crippen LogP contribution in [0.25, 0.3) is 0 Å². The Labute approximate surface area is 91.5 Å². The Bertz CT molecular complexity index is 211. The van der Waals surface area contributed by atoms with Crippen molar-refractivity contribution < 1.29 is 9.53 Å². The Morgan fingerprint density at radius 3 is 2.93 bits per heavy atom. The van der Waals surface area contributed by atoms with E-state index in [0.29, 0.717) is 13.0 Å². The lowest BCUT2D eigenvalue weighted by molar-refractivity contribution is -0.123. The summed E-state index contributed by atoms with van der Waals surface area (Å²) in [5.74, 6) is 0.114. The van der Waals surface area contributed by atoms with Gasteiger partial charge in [0.1, 0.15) is 0 Å². The Kier molecular flexibility index (Phi) is 4.54. The Morgan fingerprint density at radius 1 is 1.67 bits per heavy atom. The number of ether oxygens (including phenoxy) is 1. The van der Waals surface area contributed by atoms with Crippen molar-refractivity contribution in [3.63, 3.8) is 0 Å². The highest BCUT2D eigenvalue weighted by atomic mass is 16.5. The van der Waals surface area contributed by atoms with Crippen LogP contribution < -0.4 is 11.1 Å². The molecule has 0 saturated carbocycles. The SMILES string of the molecule is CC(N)CCCC(=O)NC1(C)CCOC1. The quantitative estimate of drug-likeness (QED) is 0.711. The highest BCUT2D eigenvalue weighted by molar-refractivity contribution is 5.76. The zero-order valence-corrected chi connectivity index (χ0v) is 9.71. The summed E-state index contributed by atoms with van der Waals surface area (Å²) in [7, 11) is 0. The summed E-state index contributed by atoms with van der Waals surface area (Å²) >= 11 is 0. The highest BCUT2D eigenvalue weighted by Crippen LogP contribution is 2.17. The summed E-state index contributed by atoms with van der Waals surface area (Å²) in [4.78, 5) is 11.6. The number of carbonyl (C=O) groups is 1. The van der Waals surface area contributed by atoms with Crippen LogP contribution in [0.2, 0.25) is 0 Å². The van der Waals surface area contributed by atoms with Crippen molar-refractivity contribution in [3.8, 4) is 0 Å². The number of hydrogen-bond acceptors (Lipinski definition) is 3. The predicted octanol–water partition coefficient (Wildman–Crippen LogP) is 0.799. The largest absolute Gasteiger partial charge is 0.379 e. The second-order valence-electron chi connectivity index (χ2n) is 4.78. The van der Waals surface area contributed by atoms with E-state index in [-0.39, 0.29) is 17.5 Å². The second-order valence-corrected chi connectivity index (χ2v) is 4.78. The molecule has 0 aromatic carbocycles. The molecule has 0 spiro atoms. The minimum Gasteiger partial charge on any atom is -0.379 e. The molecule has 0 aliphatic carbocycles. The Balaban J connectivity index is 2.18. The van der Waals surface area contributed by atoms with Crippen LogP contribution in [0, 0.1) is 0 Å². The van der Waals surface area contributed by atoms with Gasteiger partial charge >= 0.3 is 0 Å². The molecule has 15 heavy (non-hydrogen) atoms. The van der Waals surface area contributed by atoms with Crippen molar-refractivity contribution in [2.75, 3.05) is 13.2 Å². The molecule has 1 aliphatic rings. The molecular weight excluding hydrogens is 192 g/mol. The summed E-state index contributed by atoms with van der Waals surface area (Å²) in [5.41, 5.74) is 5.47. The highest BCUT2D eigenvalue weighted by Gasteiger charge is 2.30. The van der Waals surface area contributed by atoms with E-state index in [9.17, 15) is 4.79 Å². The van der Waals surface area contributed by atoms with Crippen molar-refractivity contribution in [2.45, 2.75) is 51.1 Å². The topological polar surface area (TPSA) is 64.4 Å². The fourth-order valence-electron chi connectivity index (χ4n) is 1.75. The van der Waals surface area contributed by atoms with Crippen LogP contribution in [0.4, 0.5) is 0 Å². The van der Waals surface area contributed by atoms with Crippen LogP contribution >= 0.6 is 0 Å². The van der Waals surface area contributed by atoms with E-state index in [1.54, 1.807) is 0 Å². The summed E-state index contributed by atoms with van der Waals surface area (Å²) in [6, 6.07) is 0.184. The molecule has 2 unspecified atom stereocenters. The van der Waals surface area contributed by atoms with Crippen molar-refractivity contribution in [3.05, 3.63) is 0 Å². The first kappa shape index (κ1) is 12.5. The molecule has 1 heterocycles. The maximum Gasteiger partial charge on any atom is 0.220 e. The third-order valence-corrected chi connectivity index (χ3v) is 2.72. The smallest absolute Gasteiger partial charge is 0.220 e. The van der Waals surface area contributed by atoms with Gasteiger partial charge in [-0.2, -0.15) is 0 Å². The summed E-state index contributed by atoms with van der Waals surface area (Å²) in [6.45, 7) is 5.37. The molecular formula is C11H22N2O2. The van der Waals surface area contributed by atoms with Gasteiger partial charge in [0.2, 0.25) is 5.91 Å². The lowest BCUT2D eigenvalue weighted by Gasteiger charge is -2.23. The first-order valence-electron chi connectivity index (χ1n) is 5.66. The molecule has 0 bridgehead atoms. The molecule has 2 atom stereocenters. The van der Waals surface area contributed by atoms with Gasteiger partial charge in [-0.05, 0) is 33.1 Å². The van der Waals surface area contributed by atoms with Crippen LogP contribution in [0.1, 0.15) is 39.5 Å². The van der Waals surface area contributed by atoms with Gasteiger partial charge < -0.3 is 15.8 Å². The van der Waals surface area contributed by atoms with Crippen molar-refractivity contribution in [2.24, 2.45) is 5.73 Å². The van der Waals surface area contributed by atoms with E-state index in [1.165, 1.54) is 0 Å². The normalized spacial score (nSPS) is 27.7. The molecule has 1 amide bonds. The first-order chi connectivity index (χ1) is 7.02. The minimum atomic E-state index is -0.147. The Hall–Kier alpha value is -0.610. The predicted molar refractivity (Wildman–Crippen MR) is 59.5 cm³/mol. The van der Waals surface area contributed by atoms with E-state index in [4.69, 9.17) is 10.5 Å². The van der Waals surface area contributed by atoms with E-state index >= 15 is 0 Å². The number of carbonyl (C=O) groups excluding carboxylic acids is 1. The molecule has 0 aromatic rings. The monoisotopic (exact) mass is 214 g/mol.